The molecule has 0 saturated carbocycles. The predicted molar refractivity (Wildman–Crippen MR) is 79.1 cm³/mol. The van der Waals surface area contributed by atoms with Crippen LogP contribution in [-0.4, -0.2) is 34.6 Å². The highest BCUT2D eigenvalue weighted by molar-refractivity contribution is 7.89. The highest BCUT2D eigenvalue weighted by atomic mass is 32.2. The van der Waals surface area contributed by atoms with Crippen molar-refractivity contribution < 1.29 is 8.42 Å². The van der Waals surface area contributed by atoms with Gasteiger partial charge in [-0.3, -0.25) is 4.68 Å². The van der Waals surface area contributed by atoms with Gasteiger partial charge in [0.25, 0.3) is 0 Å². The third-order valence-electron chi connectivity index (χ3n) is 4.07. The number of piperidine rings is 1. The van der Waals surface area contributed by atoms with E-state index in [1.807, 2.05) is 27.7 Å². The lowest BCUT2D eigenvalue weighted by Crippen LogP contribution is -2.47. The zero-order chi connectivity index (χ0) is 15.1. The molecule has 1 aromatic heterocycles. The number of hydrogen-bond acceptors (Lipinski definition) is 3. The monoisotopic (exact) mass is 299 g/mol. The van der Waals surface area contributed by atoms with Crippen molar-refractivity contribution in [1.29, 1.82) is 0 Å². The molecule has 6 heteroatoms. The fraction of sp³-hybridized carbons (Fsp3) is 0.786. The molecule has 1 aliphatic rings. The van der Waals surface area contributed by atoms with Crippen molar-refractivity contribution in [2.24, 2.45) is 0 Å². The van der Waals surface area contributed by atoms with E-state index < -0.39 is 10.0 Å². The standard InChI is InChI=1S/C14H25N3O2S/c1-10(2)16-9-14(13(5)15-16)20(18,19)17-11(3)7-6-8-12(17)4/h9-12H,6-8H2,1-5H3. The lowest BCUT2D eigenvalue weighted by molar-refractivity contribution is 0.204. The number of rotatable bonds is 3. The quantitative estimate of drug-likeness (QED) is 0.862. The molecule has 5 nitrogen and oxygen atoms in total. The van der Waals surface area contributed by atoms with E-state index in [9.17, 15) is 8.42 Å². The molecule has 114 valence electrons. The number of aryl methyl sites for hydroxylation is 1. The van der Waals surface area contributed by atoms with Gasteiger partial charge in [-0.25, -0.2) is 8.42 Å². The predicted octanol–water partition coefficient (Wildman–Crippen LogP) is 2.72. The van der Waals surface area contributed by atoms with E-state index in [0.29, 0.717) is 10.6 Å². The summed E-state index contributed by atoms with van der Waals surface area (Å²) >= 11 is 0. The van der Waals surface area contributed by atoms with Crippen molar-refractivity contribution in [1.82, 2.24) is 14.1 Å². The van der Waals surface area contributed by atoms with Crippen LogP contribution in [0.1, 0.15) is 58.7 Å². The summed E-state index contributed by atoms with van der Waals surface area (Å²) in [6, 6.07) is 0.282. The van der Waals surface area contributed by atoms with Crippen LogP contribution in [0.4, 0.5) is 0 Å². The minimum Gasteiger partial charge on any atom is -0.269 e. The van der Waals surface area contributed by atoms with E-state index >= 15 is 0 Å². The Labute approximate surface area is 122 Å². The van der Waals surface area contributed by atoms with Crippen molar-refractivity contribution in [2.75, 3.05) is 0 Å². The van der Waals surface area contributed by atoms with Crippen molar-refractivity contribution in [3.63, 3.8) is 0 Å². The van der Waals surface area contributed by atoms with E-state index in [0.717, 1.165) is 19.3 Å². The molecular weight excluding hydrogens is 274 g/mol. The van der Waals surface area contributed by atoms with Gasteiger partial charge in [-0.1, -0.05) is 6.42 Å². The highest BCUT2D eigenvalue weighted by Gasteiger charge is 2.37. The largest absolute Gasteiger partial charge is 0.269 e. The summed E-state index contributed by atoms with van der Waals surface area (Å²) in [6.07, 6.45) is 4.63. The molecule has 0 aromatic carbocycles. The molecule has 0 bridgehead atoms. The van der Waals surface area contributed by atoms with Crippen LogP contribution in [0.5, 0.6) is 0 Å². The van der Waals surface area contributed by atoms with E-state index in [-0.39, 0.29) is 18.1 Å². The summed E-state index contributed by atoms with van der Waals surface area (Å²) in [5.74, 6) is 0. The maximum Gasteiger partial charge on any atom is 0.246 e. The average Bonchev–Trinajstić information content (AvgIpc) is 2.71. The maximum absolute atomic E-state index is 12.9. The second kappa shape index (κ2) is 5.48. The van der Waals surface area contributed by atoms with Crippen molar-refractivity contribution in [3.05, 3.63) is 11.9 Å². The number of aromatic nitrogens is 2. The molecule has 2 rings (SSSR count). The summed E-state index contributed by atoms with van der Waals surface area (Å²) in [5, 5.41) is 4.33. The topological polar surface area (TPSA) is 55.2 Å². The molecule has 2 unspecified atom stereocenters. The van der Waals surface area contributed by atoms with Crippen LogP contribution in [0.15, 0.2) is 11.1 Å². The van der Waals surface area contributed by atoms with Crippen LogP contribution in [0.25, 0.3) is 0 Å². The van der Waals surface area contributed by atoms with Crippen LogP contribution in [0.2, 0.25) is 0 Å². The Morgan fingerprint density at radius 3 is 2.25 bits per heavy atom. The molecule has 0 amide bonds. The number of sulfonamides is 1. The first-order valence-electron chi connectivity index (χ1n) is 7.34. The van der Waals surface area contributed by atoms with Gasteiger partial charge in [0.1, 0.15) is 4.90 Å². The van der Waals surface area contributed by atoms with Gasteiger partial charge in [-0.05, 0) is 47.5 Å². The molecular formula is C14H25N3O2S. The normalized spacial score (nSPS) is 25.3. The van der Waals surface area contributed by atoms with Gasteiger partial charge in [0, 0.05) is 24.3 Å². The highest BCUT2D eigenvalue weighted by Crippen LogP contribution is 2.30. The second-order valence-electron chi connectivity index (χ2n) is 6.12. The van der Waals surface area contributed by atoms with Crippen molar-refractivity contribution in [3.8, 4) is 0 Å². The maximum atomic E-state index is 12.9. The SMILES string of the molecule is Cc1nn(C(C)C)cc1S(=O)(=O)N1C(C)CCCC1C. The number of nitrogens with zero attached hydrogens (tertiary/aromatic N) is 3. The average molecular weight is 299 g/mol. The first-order valence-corrected chi connectivity index (χ1v) is 8.78. The summed E-state index contributed by atoms with van der Waals surface area (Å²) < 4.78 is 29.3. The second-order valence-corrected chi connectivity index (χ2v) is 7.93. The minimum atomic E-state index is -3.45. The van der Waals surface area contributed by atoms with Crippen LogP contribution in [0.3, 0.4) is 0 Å². The Kier molecular flexibility index (Phi) is 4.25. The molecule has 0 N–H and O–H groups in total. The van der Waals surface area contributed by atoms with Crippen molar-refractivity contribution in [2.45, 2.75) is 76.9 Å². The van der Waals surface area contributed by atoms with E-state index in [1.54, 1.807) is 22.1 Å². The van der Waals surface area contributed by atoms with Gasteiger partial charge in [0.2, 0.25) is 10.0 Å². The van der Waals surface area contributed by atoms with Gasteiger partial charge < -0.3 is 0 Å². The number of hydrogen-bond donors (Lipinski definition) is 0. The molecule has 1 aliphatic heterocycles. The Balaban J connectivity index is 2.44. The fourth-order valence-corrected chi connectivity index (χ4v) is 5.01. The van der Waals surface area contributed by atoms with Crippen LogP contribution in [0, 0.1) is 6.92 Å². The summed E-state index contributed by atoms with van der Waals surface area (Å²) in [5.41, 5.74) is 0.587. The van der Waals surface area contributed by atoms with Gasteiger partial charge in [-0.15, -0.1) is 0 Å². The summed E-state index contributed by atoms with van der Waals surface area (Å²) in [6.45, 7) is 9.75. The van der Waals surface area contributed by atoms with Gasteiger partial charge in [0.15, 0.2) is 0 Å². The molecule has 0 radical (unpaired) electrons. The Morgan fingerprint density at radius 1 is 1.25 bits per heavy atom. The van der Waals surface area contributed by atoms with Crippen LogP contribution >= 0.6 is 0 Å². The molecule has 1 saturated heterocycles. The molecule has 20 heavy (non-hydrogen) atoms. The molecule has 0 spiro atoms. The lowest BCUT2D eigenvalue weighted by atomic mass is 10.0. The first-order chi connectivity index (χ1) is 9.25. The smallest absolute Gasteiger partial charge is 0.246 e. The van der Waals surface area contributed by atoms with Crippen LogP contribution in [-0.2, 0) is 10.0 Å². The van der Waals surface area contributed by atoms with Gasteiger partial charge in [0.05, 0.1) is 5.69 Å². The van der Waals surface area contributed by atoms with E-state index in [2.05, 4.69) is 5.10 Å². The lowest BCUT2D eigenvalue weighted by Gasteiger charge is -2.37. The summed E-state index contributed by atoms with van der Waals surface area (Å²) in [4.78, 5) is 0.354. The Morgan fingerprint density at radius 2 is 1.80 bits per heavy atom. The first kappa shape index (κ1) is 15.5. The molecule has 2 heterocycles. The van der Waals surface area contributed by atoms with Crippen molar-refractivity contribution >= 4 is 10.0 Å². The Bertz CT molecular complexity index is 567. The zero-order valence-electron chi connectivity index (χ0n) is 13.0. The van der Waals surface area contributed by atoms with Gasteiger partial charge >= 0.3 is 0 Å². The third-order valence-corrected chi connectivity index (χ3v) is 6.30. The fourth-order valence-electron chi connectivity index (χ4n) is 2.97. The molecule has 2 atom stereocenters. The van der Waals surface area contributed by atoms with Crippen LogP contribution < -0.4 is 0 Å². The molecule has 1 fully saturated rings. The van der Waals surface area contributed by atoms with Gasteiger partial charge in [-0.2, -0.15) is 9.40 Å². The molecule has 1 aromatic rings. The summed E-state index contributed by atoms with van der Waals surface area (Å²) in [7, 11) is -3.45. The van der Waals surface area contributed by atoms with E-state index in [1.165, 1.54) is 0 Å². The minimum absolute atomic E-state index is 0.0607. The third kappa shape index (κ3) is 2.63. The zero-order valence-corrected chi connectivity index (χ0v) is 13.8. The van der Waals surface area contributed by atoms with E-state index in [4.69, 9.17) is 0 Å². The Hall–Kier alpha value is -0.880. The molecule has 0 aliphatic carbocycles.